The van der Waals surface area contributed by atoms with Gasteiger partial charge in [0.05, 0.1) is 26.4 Å². The standard InChI is InChI=1S/C23H31F3N10O2.C2HF3O2/c1-16-12-35(5-4-28-16)22-31-19-17(13-34-6-9-37-10-7-34)33-36(8-11-38-14-23(24,25)26)20(19)21(32-22)30-18-2-3-27-15-29-18;3-2(4,5)1(6)7/h2-3,15-16,28H,4-14H2,1H3,(H,27,29,30,31,32);(H,6,7)/t16-;/m1./s1. The zero-order chi connectivity index (χ0) is 32.6. The average molecular weight is 651 g/mol. The van der Waals surface area contributed by atoms with Gasteiger partial charge in [0.25, 0.3) is 0 Å². The number of nitrogens with zero attached hydrogens (tertiary/aromatic N) is 8. The molecule has 3 aromatic heterocycles. The van der Waals surface area contributed by atoms with Crippen molar-refractivity contribution in [3.05, 3.63) is 24.3 Å². The van der Waals surface area contributed by atoms with Crippen LogP contribution in [0.3, 0.4) is 0 Å². The number of carboxylic acid groups (broad SMARTS) is 1. The first-order valence-corrected chi connectivity index (χ1v) is 13.8. The molecule has 20 heteroatoms. The van der Waals surface area contributed by atoms with Crippen molar-refractivity contribution in [2.24, 2.45) is 0 Å². The van der Waals surface area contributed by atoms with Gasteiger partial charge in [-0.25, -0.2) is 19.7 Å². The number of ether oxygens (including phenoxy) is 2. The fourth-order valence-electron chi connectivity index (χ4n) is 4.54. The average Bonchev–Trinajstić information content (AvgIpc) is 3.33. The van der Waals surface area contributed by atoms with Crippen molar-refractivity contribution in [1.82, 2.24) is 39.9 Å². The first-order valence-electron chi connectivity index (χ1n) is 13.8. The van der Waals surface area contributed by atoms with Crippen LogP contribution in [0.1, 0.15) is 12.6 Å². The molecule has 2 aliphatic heterocycles. The van der Waals surface area contributed by atoms with Crippen LogP contribution in [-0.4, -0.2) is 123 Å². The Morgan fingerprint density at radius 1 is 1.18 bits per heavy atom. The highest BCUT2D eigenvalue weighted by Crippen LogP contribution is 2.29. The van der Waals surface area contributed by atoms with Gasteiger partial charge < -0.3 is 30.1 Å². The molecule has 14 nitrogen and oxygen atoms in total. The van der Waals surface area contributed by atoms with Crippen LogP contribution in [0.25, 0.3) is 11.0 Å². The number of nitrogens with one attached hydrogen (secondary N) is 2. The summed E-state index contributed by atoms with van der Waals surface area (Å²) in [7, 11) is 0. The van der Waals surface area contributed by atoms with Crippen molar-refractivity contribution in [1.29, 1.82) is 0 Å². The fraction of sp³-hybridized carbons (Fsp3) is 0.600. The third-order valence-corrected chi connectivity index (χ3v) is 6.56. The summed E-state index contributed by atoms with van der Waals surface area (Å²) in [5.41, 5.74) is 1.93. The number of rotatable bonds is 9. The molecule has 0 aliphatic carbocycles. The molecule has 5 rings (SSSR count). The molecule has 0 bridgehead atoms. The molecule has 5 heterocycles. The van der Waals surface area contributed by atoms with Crippen LogP contribution in [0, 0.1) is 0 Å². The summed E-state index contributed by atoms with van der Waals surface area (Å²) in [6.07, 6.45) is -6.45. The molecule has 0 saturated carbocycles. The van der Waals surface area contributed by atoms with Gasteiger partial charge in [0.15, 0.2) is 5.82 Å². The number of piperazine rings is 1. The Hall–Kier alpha value is -3.88. The second kappa shape index (κ2) is 14.9. The molecule has 2 fully saturated rings. The Labute approximate surface area is 252 Å². The predicted molar refractivity (Wildman–Crippen MR) is 147 cm³/mol. The van der Waals surface area contributed by atoms with E-state index >= 15 is 0 Å². The van der Waals surface area contributed by atoms with Crippen molar-refractivity contribution in [3.8, 4) is 0 Å². The number of carboxylic acids is 1. The first kappa shape index (κ1) is 34.0. The number of halogens is 6. The Kier molecular flexibility index (Phi) is 11.3. The molecule has 248 valence electrons. The van der Waals surface area contributed by atoms with Crippen molar-refractivity contribution < 1.29 is 45.7 Å². The van der Waals surface area contributed by atoms with Crippen molar-refractivity contribution in [3.63, 3.8) is 0 Å². The quantitative estimate of drug-likeness (QED) is 0.229. The van der Waals surface area contributed by atoms with Crippen molar-refractivity contribution >= 4 is 34.6 Å². The van der Waals surface area contributed by atoms with Crippen molar-refractivity contribution in [2.75, 3.05) is 69.4 Å². The lowest BCUT2D eigenvalue weighted by Crippen LogP contribution is -2.49. The number of carbonyl (C=O) groups is 1. The van der Waals surface area contributed by atoms with Crippen LogP contribution in [0.15, 0.2) is 18.6 Å². The molecule has 0 spiro atoms. The Balaban J connectivity index is 0.000000591. The Bertz CT molecular complexity index is 1400. The number of morpholine rings is 1. The minimum Gasteiger partial charge on any atom is -0.475 e. The maximum Gasteiger partial charge on any atom is 0.490 e. The molecule has 3 N–H and O–H groups in total. The number of aromatic nitrogens is 6. The largest absolute Gasteiger partial charge is 0.490 e. The first-order chi connectivity index (χ1) is 21.3. The van der Waals surface area contributed by atoms with E-state index < -0.39 is 24.9 Å². The highest BCUT2D eigenvalue weighted by Gasteiger charge is 2.38. The van der Waals surface area contributed by atoms with Gasteiger partial charge in [-0.2, -0.15) is 36.4 Å². The zero-order valence-electron chi connectivity index (χ0n) is 24.1. The van der Waals surface area contributed by atoms with Gasteiger partial charge >= 0.3 is 18.3 Å². The highest BCUT2D eigenvalue weighted by molar-refractivity contribution is 5.90. The Morgan fingerprint density at radius 2 is 1.91 bits per heavy atom. The molecule has 1 atom stereocenters. The second-order valence-corrected chi connectivity index (χ2v) is 10.1. The van der Waals surface area contributed by atoms with Crippen LogP contribution < -0.4 is 15.5 Å². The third-order valence-electron chi connectivity index (χ3n) is 6.56. The van der Waals surface area contributed by atoms with E-state index in [2.05, 4.69) is 37.3 Å². The molecule has 0 amide bonds. The minimum absolute atomic E-state index is 0.0987. The van der Waals surface area contributed by atoms with E-state index in [0.717, 1.165) is 38.4 Å². The number of aliphatic carboxylic acids is 1. The van der Waals surface area contributed by atoms with Crippen LogP contribution in [0.4, 0.5) is 43.9 Å². The summed E-state index contributed by atoms with van der Waals surface area (Å²) in [5, 5.41) is 18.6. The lowest BCUT2D eigenvalue weighted by molar-refractivity contribution is -0.192. The van der Waals surface area contributed by atoms with Gasteiger partial charge in [-0.1, -0.05) is 0 Å². The maximum atomic E-state index is 12.6. The van der Waals surface area contributed by atoms with Gasteiger partial charge in [-0.3, -0.25) is 9.58 Å². The highest BCUT2D eigenvalue weighted by atomic mass is 19.4. The minimum atomic E-state index is -5.08. The van der Waals surface area contributed by atoms with Gasteiger partial charge in [0.2, 0.25) is 5.95 Å². The summed E-state index contributed by atoms with van der Waals surface area (Å²) >= 11 is 0. The molecule has 0 unspecified atom stereocenters. The lowest BCUT2D eigenvalue weighted by atomic mass is 10.2. The monoisotopic (exact) mass is 650 g/mol. The van der Waals surface area contributed by atoms with E-state index in [-0.39, 0.29) is 19.2 Å². The van der Waals surface area contributed by atoms with Crippen LogP contribution in [0.2, 0.25) is 0 Å². The normalized spacial score (nSPS) is 18.0. The van der Waals surface area contributed by atoms with Crippen LogP contribution >= 0.6 is 0 Å². The van der Waals surface area contributed by atoms with E-state index in [1.165, 1.54) is 6.33 Å². The molecule has 0 radical (unpaired) electrons. The number of alkyl halides is 6. The Morgan fingerprint density at radius 3 is 2.53 bits per heavy atom. The molecule has 0 aromatic carbocycles. The SMILES string of the molecule is C[C@@H]1CN(c2nc(Nc3ccncn3)c3c(n2)c(CN2CCOCC2)nn3CCOCC(F)(F)F)CCN1.O=C(O)C(F)(F)F. The van der Waals surface area contributed by atoms with Gasteiger partial charge in [0.1, 0.15) is 35.5 Å². The lowest BCUT2D eigenvalue weighted by Gasteiger charge is -2.32. The molecular formula is C25H32F6N10O4. The van der Waals surface area contributed by atoms with E-state index in [1.807, 2.05) is 0 Å². The maximum absolute atomic E-state index is 12.6. The smallest absolute Gasteiger partial charge is 0.475 e. The third kappa shape index (κ3) is 10.1. The molecule has 2 aliphatic rings. The summed E-state index contributed by atoms with van der Waals surface area (Å²) in [5.74, 6) is -1.21. The second-order valence-electron chi connectivity index (χ2n) is 10.1. The fourth-order valence-corrected chi connectivity index (χ4v) is 4.54. The summed E-state index contributed by atoms with van der Waals surface area (Å²) < 4.78 is 81.6. The zero-order valence-corrected chi connectivity index (χ0v) is 24.1. The van der Waals surface area contributed by atoms with E-state index in [4.69, 9.17) is 34.4 Å². The van der Waals surface area contributed by atoms with Crippen LogP contribution in [-0.2, 0) is 27.4 Å². The summed E-state index contributed by atoms with van der Waals surface area (Å²) in [4.78, 5) is 31.2. The van der Waals surface area contributed by atoms with Gasteiger partial charge in [-0.15, -0.1) is 0 Å². The van der Waals surface area contributed by atoms with Gasteiger partial charge in [-0.05, 0) is 13.0 Å². The molecular weight excluding hydrogens is 618 g/mol. The summed E-state index contributed by atoms with van der Waals surface area (Å²) in [6, 6.07) is 1.98. The summed E-state index contributed by atoms with van der Waals surface area (Å²) in [6.45, 7) is 6.27. The molecule has 45 heavy (non-hydrogen) atoms. The number of hydrogen-bond acceptors (Lipinski definition) is 12. The topological polar surface area (TPSA) is 156 Å². The van der Waals surface area contributed by atoms with E-state index in [0.29, 0.717) is 48.4 Å². The predicted octanol–water partition coefficient (Wildman–Crippen LogP) is 2.20. The van der Waals surface area contributed by atoms with E-state index in [9.17, 15) is 26.3 Å². The van der Waals surface area contributed by atoms with Crippen LogP contribution in [0.5, 0.6) is 0 Å². The molecule has 3 aromatic rings. The number of fused-ring (bicyclic) bond motifs is 1. The van der Waals surface area contributed by atoms with E-state index in [1.54, 1.807) is 16.9 Å². The van der Waals surface area contributed by atoms with Crippen molar-refractivity contribution in [2.45, 2.75) is 38.4 Å². The molecule has 2 saturated heterocycles. The number of anilines is 3. The van der Waals surface area contributed by atoms with Gasteiger partial charge in [0, 0.05) is 51.5 Å². The number of hydrogen-bond donors (Lipinski definition) is 3.